The summed E-state index contributed by atoms with van der Waals surface area (Å²) in [5, 5.41) is 140. The summed E-state index contributed by atoms with van der Waals surface area (Å²) in [5.41, 5.74) is 14.7. The quantitative estimate of drug-likeness (QED) is 0.0200. The molecular weight excluding hydrogens is 1980 g/mol. The van der Waals surface area contributed by atoms with Crippen LogP contribution in [-0.2, 0) is 113 Å². The van der Waals surface area contributed by atoms with E-state index >= 15 is 0 Å². The standard InChI is InChI=1S/C103H166N6O37P2/c1-55(2)31-21-32-56(3)33-22-34-57(4)35-23-36-58(5)37-24-38-59(6)39-25-40-60(7)41-26-42-61(8)43-27-44-62(9)45-28-46-63(10)47-29-48-64(11)49-30-50-65(12)51-52-133-147(129,130)146-148(131,132)145-101-81(109-73(20)117)84(120)90(75(54-111)137-101)139-100-80(108-72(19)116)86(122)93(95(144-100)97(127)128)142-103-88(124)91(77(67(14)135-103)105-69(16)113)140-98-78(106-70(17)114)83(119)89(74(53-110)136-98)138-99-79(107-71(18)115)85(121)92(94(143-99)96(125)126)141-102-87(123)82(118)76(66(13)134-102)104-68(15)112/h31,33,35,37,39,41,43,45,47,49,51,66-67,74-95,98-103,110-111,118-124H,21-30,32,34,36,38,40,42,44,46,48,50,52-54H2,1-20H3,(H,104,112)(H,105,113)(H,106,114)(H,107,115)(H,108,116)(H,109,117)(H,125,126)(H,127,128)(H,129,130)(H,131,132)/b56-33+,57-35+,58-37-,59-39-,60-41-,61-43-,62-45-,63-47-,64-49-,65-51-/t66-,67+,74-,75+,76+,77-,78-,79-,80+,81+,82+,83-,84+,85+,86-,87-,88+,89-,90+,91-,92-,93+,94-,95+,98-,99+,100-,101+,102-,103+/m0/s1. The van der Waals surface area contributed by atoms with Gasteiger partial charge in [0, 0.05) is 41.5 Å². The van der Waals surface area contributed by atoms with Gasteiger partial charge in [0.25, 0.3) is 0 Å². The number of allylic oxidation sites excluding steroid dienone is 21. The maximum atomic E-state index is 13.6. The summed E-state index contributed by atoms with van der Waals surface area (Å²) in [5.74, 6) is -9.07. The van der Waals surface area contributed by atoms with Crippen molar-refractivity contribution in [3.63, 3.8) is 0 Å². The lowest BCUT2D eigenvalue weighted by molar-refractivity contribution is -0.367. The van der Waals surface area contributed by atoms with Crippen LogP contribution in [0, 0.1) is 0 Å². The summed E-state index contributed by atoms with van der Waals surface area (Å²) in [7, 11) is -11.4. The Kier molecular flexibility index (Phi) is 55.1. The second-order valence-electron chi connectivity index (χ2n) is 39.8. The number of aliphatic hydroxyl groups is 9. The van der Waals surface area contributed by atoms with Crippen molar-refractivity contribution < 1.29 is 179 Å². The first-order chi connectivity index (χ1) is 69.5. The highest BCUT2D eigenvalue weighted by molar-refractivity contribution is 7.61. The number of amides is 6. The van der Waals surface area contributed by atoms with Crippen molar-refractivity contribution in [1.82, 2.24) is 31.9 Å². The van der Waals surface area contributed by atoms with Crippen molar-refractivity contribution >= 4 is 63.0 Å². The number of hydrogen-bond donors (Lipinski definition) is 19. The zero-order valence-electron chi connectivity index (χ0n) is 88.9. The van der Waals surface area contributed by atoms with E-state index in [2.05, 4.69) is 166 Å². The number of carboxylic acids is 2. The third-order valence-electron chi connectivity index (χ3n) is 26.2. The molecule has 6 aliphatic heterocycles. The van der Waals surface area contributed by atoms with Gasteiger partial charge in [0.05, 0.1) is 44.1 Å². The van der Waals surface area contributed by atoms with Gasteiger partial charge in [-0.2, -0.15) is 4.31 Å². The molecule has 840 valence electrons. The Balaban J connectivity index is 0.991. The fourth-order valence-corrected chi connectivity index (χ4v) is 20.1. The van der Waals surface area contributed by atoms with Gasteiger partial charge in [-0.25, -0.2) is 18.7 Å². The van der Waals surface area contributed by atoms with Crippen LogP contribution >= 0.6 is 15.6 Å². The lowest BCUT2D eigenvalue weighted by atomic mass is 9.92. The largest absolute Gasteiger partial charge is 0.483 e. The van der Waals surface area contributed by atoms with Crippen molar-refractivity contribution in [1.29, 1.82) is 0 Å². The summed E-state index contributed by atoms with van der Waals surface area (Å²) >= 11 is 0. The fraction of sp³-hybridized carbons (Fsp3) is 0.709. The molecule has 6 rings (SSSR count). The predicted molar refractivity (Wildman–Crippen MR) is 542 cm³/mol. The van der Waals surface area contributed by atoms with Crippen LogP contribution in [0.25, 0.3) is 0 Å². The van der Waals surface area contributed by atoms with Gasteiger partial charge in [0.15, 0.2) is 49.9 Å². The minimum Gasteiger partial charge on any atom is -0.479 e. The van der Waals surface area contributed by atoms with Crippen LogP contribution in [0.15, 0.2) is 128 Å². The molecule has 6 heterocycles. The third-order valence-corrected chi connectivity index (χ3v) is 28.8. The monoisotopic (exact) mass is 2140 g/mol. The number of phosphoric acid groups is 2. The summed E-state index contributed by atoms with van der Waals surface area (Å²) in [6.45, 7) is 31.5. The normalized spacial score (nSPS) is 32.5. The zero-order chi connectivity index (χ0) is 110. The molecule has 45 heteroatoms. The van der Waals surface area contributed by atoms with Gasteiger partial charge in [-0.05, 0) is 225 Å². The second-order valence-corrected chi connectivity index (χ2v) is 42.8. The van der Waals surface area contributed by atoms with Gasteiger partial charge in [0.1, 0.15) is 110 Å². The Morgan fingerprint density at radius 1 is 0.284 bits per heavy atom. The molecule has 43 nitrogen and oxygen atoms in total. The number of carbonyl (C=O) groups excluding carboxylic acids is 6. The molecule has 19 N–H and O–H groups in total. The van der Waals surface area contributed by atoms with Crippen molar-refractivity contribution in [2.24, 2.45) is 0 Å². The minimum atomic E-state index is -5.91. The second kappa shape index (κ2) is 63.3. The molecule has 148 heavy (non-hydrogen) atoms. The van der Waals surface area contributed by atoms with E-state index in [4.69, 9.17) is 61.2 Å². The van der Waals surface area contributed by atoms with Crippen molar-refractivity contribution in [2.75, 3.05) is 19.8 Å². The number of aliphatic carboxylic acids is 2. The highest BCUT2D eigenvalue weighted by Gasteiger charge is 2.61. The summed E-state index contributed by atoms with van der Waals surface area (Å²) in [4.78, 5) is 125. The van der Waals surface area contributed by atoms with Crippen LogP contribution in [0.2, 0.25) is 0 Å². The van der Waals surface area contributed by atoms with E-state index < -0.39 is 267 Å². The minimum absolute atomic E-state index is 0.506. The van der Waals surface area contributed by atoms with Crippen LogP contribution in [0.4, 0.5) is 0 Å². The number of carboxylic acid groups (broad SMARTS) is 2. The first-order valence-electron chi connectivity index (χ1n) is 50.7. The van der Waals surface area contributed by atoms with Gasteiger partial charge < -0.3 is 150 Å². The average molecular weight is 2140 g/mol. The Morgan fingerprint density at radius 3 is 0.838 bits per heavy atom. The molecule has 0 radical (unpaired) electrons. The Morgan fingerprint density at radius 2 is 0.534 bits per heavy atom. The van der Waals surface area contributed by atoms with E-state index in [0.717, 1.165) is 168 Å². The van der Waals surface area contributed by atoms with Crippen LogP contribution in [-0.4, -0.2) is 317 Å². The molecule has 0 aromatic heterocycles. The highest BCUT2D eigenvalue weighted by atomic mass is 31.3. The van der Waals surface area contributed by atoms with Gasteiger partial charge in [-0.1, -0.05) is 128 Å². The Labute approximate surface area is 868 Å². The lowest BCUT2D eigenvalue weighted by Gasteiger charge is -2.51. The van der Waals surface area contributed by atoms with Gasteiger partial charge in [0.2, 0.25) is 35.4 Å². The maximum Gasteiger partial charge on any atom is 0.483 e. The van der Waals surface area contributed by atoms with Crippen LogP contribution in [0.1, 0.15) is 267 Å². The number of phosphoric ester groups is 2. The molecule has 6 saturated heterocycles. The molecule has 0 aromatic carbocycles. The van der Waals surface area contributed by atoms with Crippen LogP contribution in [0.5, 0.6) is 0 Å². The van der Waals surface area contributed by atoms with Crippen LogP contribution in [0.3, 0.4) is 0 Å². The molecule has 0 aromatic rings. The molecular formula is C103H166N6O37P2. The molecule has 6 amide bonds. The molecule has 0 bridgehead atoms. The molecule has 2 unspecified atom stereocenters. The first kappa shape index (κ1) is 129. The van der Waals surface area contributed by atoms with E-state index in [-0.39, 0.29) is 0 Å². The number of rotatable bonds is 57. The number of hydrogen-bond acceptors (Lipinski definition) is 33. The fourth-order valence-electron chi connectivity index (χ4n) is 18.0. The summed E-state index contributed by atoms with van der Waals surface area (Å²) in [6, 6.07) is -10.7. The molecule has 32 atom stereocenters. The summed E-state index contributed by atoms with van der Waals surface area (Å²) < 4.78 is 107. The van der Waals surface area contributed by atoms with Crippen molar-refractivity contribution in [3.05, 3.63) is 128 Å². The van der Waals surface area contributed by atoms with Crippen LogP contribution < -0.4 is 31.9 Å². The Bertz CT molecular complexity index is 4780. The molecule has 0 saturated carbocycles. The number of nitrogens with one attached hydrogen (secondary N) is 6. The smallest absolute Gasteiger partial charge is 0.479 e. The summed E-state index contributed by atoms with van der Waals surface area (Å²) in [6.07, 6.45) is -5.26. The number of carbonyl (C=O) groups is 8. The van der Waals surface area contributed by atoms with E-state index in [0.29, 0.717) is 12.8 Å². The van der Waals surface area contributed by atoms with Gasteiger partial charge >= 0.3 is 27.6 Å². The van der Waals surface area contributed by atoms with E-state index in [1.165, 1.54) is 70.1 Å². The Hall–Kier alpha value is -7.64. The lowest BCUT2D eigenvalue weighted by Crippen LogP contribution is -2.72. The average Bonchev–Trinajstić information content (AvgIpc) is 0.759. The molecule has 6 fully saturated rings. The highest BCUT2D eigenvalue weighted by Crippen LogP contribution is 2.61. The number of ether oxygens (including phenoxy) is 11. The van der Waals surface area contributed by atoms with E-state index in [1.54, 1.807) is 6.92 Å². The third kappa shape index (κ3) is 43.0. The van der Waals surface area contributed by atoms with E-state index in [9.17, 15) is 113 Å². The predicted octanol–water partition coefficient (Wildman–Crippen LogP) is 8.49. The SMILES string of the molecule is CC(=O)N[C@@H]1[C@H](O[C@@H]2[C@@H](O)[C@H](NC(C)=O)[C@H](O[C@@H]3[C@@H](O)[C@@H](O[C@@H]4[C@@H](O)[C@@H](NC(C)=O)[C@@H](O[C@H]5[C@H](O)[C@@H](NC(C)=O)[C@@H](OP(=O)(O)OP(=O)(O)OC/C=C(/C)CC/C=C(/C)CC/C=C(/C)CC/C=C(/C)CC/C=C(/C)CC/C=C(/C)CC/C=C(/C)CC/C=C(/C)CC/C=C(\C)CC/C=C(\C)CCC=C(C)C)O[C@@H]5CO)O[C@H]4C(=O)O)O[C@H](C)[C@@H]3NC(C)=O)O[C@H]2CO)O[C@H](C(=O)O)[C@@H](O[C@@H]2O[C@@H](C)[C@@H](NC(C)=O)[C@@H](O)[C@@H]2O)[C@@H]1O. The zero-order valence-corrected chi connectivity index (χ0v) is 90.7. The molecule has 6 aliphatic rings. The number of aliphatic hydroxyl groups excluding tert-OH is 9. The topological polar surface area (TPSA) is 635 Å². The van der Waals surface area contributed by atoms with Crippen molar-refractivity contribution in [3.8, 4) is 0 Å². The first-order valence-corrected chi connectivity index (χ1v) is 53.7. The van der Waals surface area contributed by atoms with Gasteiger partial charge in [-0.3, -0.25) is 37.8 Å². The van der Waals surface area contributed by atoms with Gasteiger partial charge in [-0.15, -0.1) is 0 Å². The molecule has 0 spiro atoms. The van der Waals surface area contributed by atoms with Crippen molar-refractivity contribution in [2.45, 2.75) is 451 Å². The van der Waals surface area contributed by atoms with E-state index in [1.807, 2.05) is 6.92 Å². The maximum absolute atomic E-state index is 13.6. The molecule has 0 aliphatic carbocycles.